The molecule has 1 aliphatic heterocycles. The molecule has 0 aromatic rings. The van der Waals surface area contributed by atoms with E-state index < -0.39 is 17.6 Å². The first-order chi connectivity index (χ1) is 7.08. The van der Waals surface area contributed by atoms with Gasteiger partial charge in [-0.1, -0.05) is 0 Å². The molecule has 1 spiro atoms. The number of aliphatic hydroxyl groups excluding tert-OH is 1. The summed E-state index contributed by atoms with van der Waals surface area (Å²) in [6.45, 7) is 0.555. The summed E-state index contributed by atoms with van der Waals surface area (Å²) in [5, 5.41) is 9.18. The summed E-state index contributed by atoms with van der Waals surface area (Å²) < 4.78 is 37.5. The quantitative estimate of drug-likeness (QED) is 0.731. The van der Waals surface area contributed by atoms with Crippen LogP contribution in [0.3, 0.4) is 0 Å². The Morgan fingerprint density at radius 1 is 1.20 bits per heavy atom. The summed E-state index contributed by atoms with van der Waals surface area (Å²) in [6, 6.07) is 0. The topological polar surface area (TPSA) is 38.7 Å². The maximum Gasteiger partial charge on any atom is 0.248 e. The molecule has 5 heteroatoms. The zero-order valence-electron chi connectivity index (χ0n) is 8.55. The lowest BCUT2D eigenvalue weighted by atomic mass is 9.93. The molecule has 1 N–H and O–H groups in total. The zero-order valence-corrected chi connectivity index (χ0v) is 8.55. The van der Waals surface area contributed by atoms with E-state index in [1.54, 1.807) is 0 Å². The summed E-state index contributed by atoms with van der Waals surface area (Å²) in [4.78, 5) is 0. The lowest BCUT2D eigenvalue weighted by Gasteiger charge is -2.33. The second-order valence-electron chi connectivity index (χ2n) is 4.30. The van der Waals surface area contributed by atoms with E-state index in [0.29, 0.717) is 26.1 Å². The first kappa shape index (κ1) is 11.2. The van der Waals surface area contributed by atoms with Crippen LogP contribution in [0.25, 0.3) is 0 Å². The van der Waals surface area contributed by atoms with Crippen LogP contribution in [0.4, 0.5) is 8.78 Å². The average Bonchev–Trinajstić information content (AvgIpc) is 2.58. The maximum absolute atomic E-state index is 13.3. The van der Waals surface area contributed by atoms with Gasteiger partial charge in [0.25, 0.3) is 0 Å². The van der Waals surface area contributed by atoms with Crippen LogP contribution in [0, 0.1) is 5.92 Å². The Morgan fingerprint density at radius 2 is 1.87 bits per heavy atom. The molecule has 2 rings (SSSR count). The summed E-state index contributed by atoms with van der Waals surface area (Å²) in [6.07, 6.45) is 0.346. The van der Waals surface area contributed by atoms with E-state index in [9.17, 15) is 13.9 Å². The summed E-state index contributed by atoms with van der Waals surface area (Å²) >= 11 is 0. The molecular weight excluding hydrogens is 206 g/mol. The van der Waals surface area contributed by atoms with E-state index in [0.717, 1.165) is 0 Å². The molecule has 15 heavy (non-hydrogen) atoms. The molecule has 1 aliphatic carbocycles. The highest BCUT2D eigenvalue weighted by molar-refractivity contribution is 4.90. The lowest BCUT2D eigenvalue weighted by molar-refractivity contribution is -0.212. The standard InChI is InChI=1S/C10H16F2O3/c11-9(12)2-1-3-10(8(6-9)7-13)14-4-5-15-10/h8,13H,1-7H2. The van der Waals surface area contributed by atoms with Crippen molar-refractivity contribution in [2.45, 2.75) is 37.4 Å². The fraction of sp³-hybridized carbons (Fsp3) is 1.00. The van der Waals surface area contributed by atoms with Crippen LogP contribution in [0.2, 0.25) is 0 Å². The Balaban J connectivity index is 2.16. The molecule has 3 nitrogen and oxygen atoms in total. The molecule has 2 aliphatic rings. The Hall–Kier alpha value is -0.260. The van der Waals surface area contributed by atoms with Crippen molar-refractivity contribution in [2.75, 3.05) is 19.8 Å². The monoisotopic (exact) mass is 222 g/mol. The van der Waals surface area contributed by atoms with Gasteiger partial charge in [-0.15, -0.1) is 0 Å². The predicted octanol–water partition coefficient (Wildman–Crippen LogP) is 1.55. The van der Waals surface area contributed by atoms with Gasteiger partial charge in [0.2, 0.25) is 5.92 Å². The molecule has 1 saturated carbocycles. The number of aliphatic hydroxyl groups is 1. The number of halogens is 2. The van der Waals surface area contributed by atoms with Crippen molar-refractivity contribution >= 4 is 0 Å². The molecule has 0 aromatic heterocycles. The Labute approximate surface area is 87.4 Å². The third kappa shape index (κ3) is 2.14. The lowest BCUT2D eigenvalue weighted by Crippen LogP contribution is -2.41. The molecule has 1 atom stereocenters. The third-order valence-corrected chi connectivity index (χ3v) is 3.23. The number of hydrogen-bond acceptors (Lipinski definition) is 3. The Kier molecular flexibility index (Phi) is 2.96. The molecule has 1 saturated heterocycles. The van der Waals surface area contributed by atoms with Crippen molar-refractivity contribution in [3.05, 3.63) is 0 Å². The molecule has 0 aromatic carbocycles. The van der Waals surface area contributed by atoms with Crippen LogP contribution < -0.4 is 0 Å². The van der Waals surface area contributed by atoms with E-state index in [1.165, 1.54) is 0 Å². The Bertz CT molecular complexity index is 227. The first-order valence-electron chi connectivity index (χ1n) is 5.35. The van der Waals surface area contributed by atoms with Gasteiger partial charge in [-0.25, -0.2) is 8.78 Å². The molecule has 0 bridgehead atoms. The van der Waals surface area contributed by atoms with Crippen molar-refractivity contribution in [2.24, 2.45) is 5.92 Å². The van der Waals surface area contributed by atoms with Crippen LogP contribution in [-0.2, 0) is 9.47 Å². The van der Waals surface area contributed by atoms with Gasteiger partial charge in [-0.3, -0.25) is 0 Å². The van der Waals surface area contributed by atoms with Gasteiger partial charge in [-0.05, 0) is 6.42 Å². The van der Waals surface area contributed by atoms with E-state index in [4.69, 9.17) is 9.47 Å². The molecule has 88 valence electrons. The van der Waals surface area contributed by atoms with E-state index in [1.807, 2.05) is 0 Å². The highest BCUT2D eigenvalue weighted by Crippen LogP contribution is 2.44. The van der Waals surface area contributed by atoms with Crippen LogP contribution in [-0.4, -0.2) is 36.6 Å². The Morgan fingerprint density at radius 3 is 2.47 bits per heavy atom. The van der Waals surface area contributed by atoms with Crippen molar-refractivity contribution in [3.63, 3.8) is 0 Å². The predicted molar refractivity (Wildman–Crippen MR) is 48.6 cm³/mol. The van der Waals surface area contributed by atoms with Crippen LogP contribution >= 0.6 is 0 Å². The van der Waals surface area contributed by atoms with Gasteiger partial charge in [0.05, 0.1) is 19.8 Å². The normalized spacial score (nSPS) is 34.2. The second-order valence-corrected chi connectivity index (χ2v) is 4.30. The fourth-order valence-corrected chi connectivity index (χ4v) is 2.47. The van der Waals surface area contributed by atoms with E-state index in [-0.39, 0.29) is 19.4 Å². The minimum absolute atomic E-state index is 0.141. The van der Waals surface area contributed by atoms with Gasteiger partial charge in [0, 0.05) is 25.2 Å². The van der Waals surface area contributed by atoms with Crippen molar-refractivity contribution in [1.29, 1.82) is 0 Å². The summed E-state index contributed by atoms with van der Waals surface area (Å²) in [5.41, 5.74) is 0. The minimum atomic E-state index is -2.70. The second kappa shape index (κ2) is 3.96. The van der Waals surface area contributed by atoms with Crippen molar-refractivity contribution in [3.8, 4) is 0 Å². The molecule has 2 fully saturated rings. The number of alkyl halides is 2. The average molecular weight is 222 g/mol. The van der Waals surface area contributed by atoms with E-state index in [2.05, 4.69) is 0 Å². The summed E-state index contributed by atoms with van der Waals surface area (Å²) in [5.74, 6) is -4.27. The van der Waals surface area contributed by atoms with Crippen molar-refractivity contribution in [1.82, 2.24) is 0 Å². The molecule has 1 heterocycles. The molecular formula is C10H16F2O3. The maximum atomic E-state index is 13.3. The zero-order chi connectivity index (χ0) is 10.9. The van der Waals surface area contributed by atoms with Gasteiger partial charge >= 0.3 is 0 Å². The van der Waals surface area contributed by atoms with Crippen molar-refractivity contribution < 1.29 is 23.4 Å². The smallest absolute Gasteiger partial charge is 0.248 e. The highest BCUT2D eigenvalue weighted by atomic mass is 19.3. The molecule has 1 unspecified atom stereocenters. The van der Waals surface area contributed by atoms with E-state index >= 15 is 0 Å². The molecule has 0 radical (unpaired) electrons. The van der Waals surface area contributed by atoms with Crippen LogP contribution in [0.5, 0.6) is 0 Å². The largest absolute Gasteiger partial charge is 0.396 e. The fourth-order valence-electron chi connectivity index (χ4n) is 2.47. The number of hydrogen-bond donors (Lipinski definition) is 1. The van der Waals surface area contributed by atoms with Crippen LogP contribution in [0.15, 0.2) is 0 Å². The van der Waals surface area contributed by atoms with Gasteiger partial charge in [0.15, 0.2) is 5.79 Å². The highest BCUT2D eigenvalue weighted by Gasteiger charge is 2.50. The molecule has 0 amide bonds. The number of rotatable bonds is 1. The first-order valence-corrected chi connectivity index (χ1v) is 5.35. The SMILES string of the molecule is OCC1CC(F)(F)CCCC12OCCO2. The number of ether oxygens (including phenoxy) is 2. The van der Waals surface area contributed by atoms with Gasteiger partial charge in [-0.2, -0.15) is 0 Å². The minimum Gasteiger partial charge on any atom is -0.396 e. The van der Waals surface area contributed by atoms with Crippen LogP contribution in [0.1, 0.15) is 25.7 Å². The van der Waals surface area contributed by atoms with Gasteiger partial charge < -0.3 is 14.6 Å². The third-order valence-electron chi connectivity index (χ3n) is 3.23. The van der Waals surface area contributed by atoms with Gasteiger partial charge in [0.1, 0.15) is 0 Å². The summed E-state index contributed by atoms with van der Waals surface area (Å²) in [7, 11) is 0.